The minimum Gasteiger partial charge on any atom is -0.465 e. The van der Waals surface area contributed by atoms with Gasteiger partial charge >= 0.3 is 0 Å². The second-order valence-corrected chi connectivity index (χ2v) is 6.42. The highest BCUT2D eigenvalue weighted by Gasteiger charge is 2.27. The highest BCUT2D eigenvalue weighted by atomic mass is 32.2. The Balaban J connectivity index is 2.48. The van der Waals surface area contributed by atoms with E-state index >= 15 is 0 Å². The lowest BCUT2D eigenvalue weighted by atomic mass is 10.2. The van der Waals surface area contributed by atoms with Gasteiger partial charge in [0.2, 0.25) is 0 Å². The number of furan rings is 1. The fraction of sp³-hybridized carbons (Fsp3) is 0.462. The molecule has 0 atom stereocenters. The fourth-order valence-corrected chi connectivity index (χ4v) is 3.84. The van der Waals surface area contributed by atoms with Gasteiger partial charge in [0.25, 0.3) is 10.0 Å². The number of sulfonamides is 1. The van der Waals surface area contributed by atoms with Gasteiger partial charge in [-0.2, -0.15) is 5.10 Å². The third-order valence-electron chi connectivity index (χ3n) is 3.24. The Morgan fingerprint density at radius 3 is 2.62 bits per heavy atom. The molecule has 0 aliphatic heterocycles. The molecule has 0 bridgehead atoms. The average Bonchev–Trinajstić information content (AvgIpc) is 2.88. The predicted molar refractivity (Wildman–Crippen MR) is 77.5 cm³/mol. The number of nitrogens with one attached hydrogen (secondary N) is 1. The summed E-state index contributed by atoms with van der Waals surface area (Å²) in [5, 5.41) is 13.6. The highest BCUT2D eigenvalue weighted by molar-refractivity contribution is 7.92. The molecule has 0 aromatic carbocycles. The lowest BCUT2D eigenvalue weighted by molar-refractivity contribution is 0.276. The van der Waals surface area contributed by atoms with Gasteiger partial charge in [-0.1, -0.05) is 6.92 Å². The van der Waals surface area contributed by atoms with Gasteiger partial charge in [0.05, 0.1) is 18.0 Å². The molecule has 0 aliphatic rings. The maximum Gasteiger partial charge on any atom is 0.265 e. The van der Waals surface area contributed by atoms with Gasteiger partial charge in [-0.05, 0) is 20.3 Å². The van der Waals surface area contributed by atoms with Gasteiger partial charge in [0, 0.05) is 18.8 Å². The summed E-state index contributed by atoms with van der Waals surface area (Å²) in [6.07, 6.45) is 2.21. The molecule has 2 aromatic heterocycles. The van der Waals surface area contributed by atoms with Gasteiger partial charge in [0.1, 0.15) is 16.4 Å². The Hall–Kier alpha value is -1.80. The minimum absolute atomic E-state index is 0.00611. The molecule has 0 spiro atoms. The van der Waals surface area contributed by atoms with Gasteiger partial charge in [-0.25, -0.2) is 8.42 Å². The molecule has 0 amide bonds. The van der Waals surface area contributed by atoms with Crippen LogP contribution in [0.15, 0.2) is 15.5 Å². The van der Waals surface area contributed by atoms with E-state index in [0.717, 1.165) is 0 Å². The molecule has 116 valence electrons. The first kappa shape index (κ1) is 15.6. The van der Waals surface area contributed by atoms with Crippen LogP contribution in [0.2, 0.25) is 0 Å². The van der Waals surface area contributed by atoms with Gasteiger partial charge < -0.3 is 9.52 Å². The van der Waals surface area contributed by atoms with Crippen LogP contribution in [-0.4, -0.2) is 23.3 Å². The lowest BCUT2D eigenvalue weighted by Crippen LogP contribution is -2.15. The molecule has 2 aromatic rings. The second-order valence-electron chi connectivity index (χ2n) is 4.80. The average molecular weight is 313 g/mol. The van der Waals surface area contributed by atoms with Gasteiger partial charge in [-0.15, -0.1) is 0 Å². The van der Waals surface area contributed by atoms with Crippen LogP contribution in [0.25, 0.3) is 0 Å². The monoisotopic (exact) mass is 313 g/mol. The summed E-state index contributed by atoms with van der Waals surface area (Å²) in [6.45, 7) is 4.68. The zero-order chi connectivity index (χ0) is 15.8. The van der Waals surface area contributed by atoms with Crippen molar-refractivity contribution in [2.75, 3.05) is 4.72 Å². The summed E-state index contributed by atoms with van der Waals surface area (Å²) >= 11 is 0. The van der Waals surface area contributed by atoms with Crippen LogP contribution in [-0.2, 0) is 30.1 Å². The van der Waals surface area contributed by atoms with E-state index in [0.29, 0.717) is 23.6 Å². The molecule has 0 unspecified atom stereocenters. The molecule has 0 aliphatic carbocycles. The smallest absolute Gasteiger partial charge is 0.265 e. The van der Waals surface area contributed by atoms with E-state index in [-0.39, 0.29) is 16.2 Å². The summed E-state index contributed by atoms with van der Waals surface area (Å²) in [7, 11) is -2.12. The largest absolute Gasteiger partial charge is 0.465 e. The summed E-state index contributed by atoms with van der Waals surface area (Å²) in [5.74, 6) is 0.656. The molecule has 2 heterocycles. The van der Waals surface area contributed by atoms with Crippen molar-refractivity contribution in [2.24, 2.45) is 7.05 Å². The molecular formula is C13H19N3O4S. The van der Waals surface area contributed by atoms with Gasteiger partial charge in [-0.3, -0.25) is 9.40 Å². The Kier molecular flexibility index (Phi) is 4.11. The molecule has 0 saturated heterocycles. The highest BCUT2D eigenvalue weighted by Crippen LogP contribution is 2.29. The topological polar surface area (TPSA) is 97.4 Å². The summed E-state index contributed by atoms with van der Waals surface area (Å²) in [4.78, 5) is -0.00611. The Bertz CT molecular complexity index is 759. The van der Waals surface area contributed by atoms with Crippen molar-refractivity contribution >= 4 is 15.7 Å². The van der Waals surface area contributed by atoms with Crippen LogP contribution in [0.1, 0.15) is 29.7 Å². The Morgan fingerprint density at radius 2 is 2.05 bits per heavy atom. The van der Waals surface area contributed by atoms with Crippen LogP contribution in [0, 0.1) is 13.8 Å². The number of hydrogen-bond acceptors (Lipinski definition) is 5. The standard InChI is InChI=1S/C13H19N3O4S/c1-5-11-12(6-16(4)14-11)15-21(18,19)13-9(3)20-8(2)10(13)7-17/h6,15,17H,5,7H2,1-4H3. The van der Waals surface area contributed by atoms with E-state index in [1.165, 1.54) is 0 Å². The summed E-state index contributed by atoms with van der Waals surface area (Å²) in [6, 6.07) is 0. The Morgan fingerprint density at radius 1 is 1.38 bits per heavy atom. The van der Waals surface area contributed by atoms with E-state index in [1.54, 1.807) is 31.8 Å². The van der Waals surface area contributed by atoms with Crippen molar-refractivity contribution in [3.05, 3.63) is 29.0 Å². The fourth-order valence-electron chi connectivity index (χ4n) is 2.32. The van der Waals surface area contributed by atoms with Crippen molar-refractivity contribution < 1.29 is 17.9 Å². The minimum atomic E-state index is -3.84. The van der Waals surface area contributed by atoms with Crippen LogP contribution in [0.3, 0.4) is 0 Å². The number of aromatic nitrogens is 2. The summed E-state index contributed by atoms with van der Waals surface area (Å²) < 4.78 is 34.5. The van der Waals surface area contributed by atoms with E-state index in [9.17, 15) is 13.5 Å². The first-order valence-corrected chi connectivity index (χ1v) is 8.03. The van der Waals surface area contributed by atoms with Crippen LogP contribution >= 0.6 is 0 Å². The van der Waals surface area contributed by atoms with Crippen LogP contribution < -0.4 is 4.72 Å². The zero-order valence-electron chi connectivity index (χ0n) is 12.5. The summed E-state index contributed by atoms with van der Waals surface area (Å²) in [5.41, 5.74) is 1.37. The number of aryl methyl sites for hydroxylation is 4. The molecule has 0 saturated carbocycles. The van der Waals surface area contributed by atoms with Crippen molar-refractivity contribution in [2.45, 2.75) is 38.7 Å². The first-order chi connectivity index (χ1) is 9.80. The van der Waals surface area contributed by atoms with Gasteiger partial charge in [0.15, 0.2) is 0 Å². The number of aliphatic hydroxyl groups is 1. The lowest BCUT2D eigenvalue weighted by Gasteiger charge is -2.08. The maximum atomic E-state index is 12.6. The van der Waals surface area contributed by atoms with Crippen molar-refractivity contribution in [3.8, 4) is 0 Å². The molecule has 7 nitrogen and oxygen atoms in total. The van der Waals surface area contributed by atoms with E-state index in [1.807, 2.05) is 6.92 Å². The van der Waals surface area contributed by atoms with E-state index < -0.39 is 16.6 Å². The second kappa shape index (κ2) is 5.53. The number of aliphatic hydroxyl groups excluding tert-OH is 1. The first-order valence-electron chi connectivity index (χ1n) is 6.55. The molecular weight excluding hydrogens is 294 g/mol. The van der Waals surface area contributed by atoms with Crippen LogP contribution in [0.4, 0.5) is 5.69 Å². The molecule has 0 fully saturated rings. The quantitative estimate of drug-likeness (QED) is 0.871. The predicted octanol–water partition coefficient (Wildman–Crippen LogP) is 1.49. The third kappa shape index (κ3) is 2.81. The van der Waals surface area contributed by atoms with Crippen molar-refractivity contribution in [1.82, 2.24) is 9.78 Å². The number of rotatable bonds is 5. The number of anilines is 1. The molecule has 8 heteroatoms. The number of nitrogens with zero attached hydrogens (tertiary/aromatic N) is 2. The molecule has 2 rings (SSSR count). The maximum absolute atomic E-state index is 12.6. The van der Waals surface area contributed by atoms with Crippen molar-refractivity contribution in [1.29, 1.82) is 0 Å². The molecule has 21 heavy (non-hydrogen) atoms. The van der Waals surface area contributed by atoms with Crippen LogP contribution in [0.5, 0.6) is 0 Å². The Labute approximate surface area is 123 Å². The van der Waals surface area contributed by atoms with Crippen molar-refractivity contribution in [3.63, 3.8) is 0 Å². The SMILES string of the molecule is CCc1nn(C)cc1NS(=O)(=O)c1c(C)oc(C)c1CO. The number of hydrogen-bond donors (Lipinski definition) is 2. The molecule has 2 N–H and O–H groups in total. The van der Waals surface area contributed by atoms with E-state index in [4.69, 9.17) is 4.42 Å². The normalized spacial score (nSPS) is 11.9. The zero-order valence-corrected chi connectivity index (χ0v) is 13.3. The molecule has 0 radical (unpaired) electrons. The third-order valence-corrected chi connectivity index (χ3v) is 4.80. The van der Waals surface area contributed by atoms with E-state index in [2.05, 4.69) is 9.82 Å².